The van der Waals surface area contributed by atoms with Gasteiger partial charge in [0.2, 0.25) is 0 Å². The van der Waals surface area contributed by atoms with Gasteiger partial charge in [-0.25, -0.2) is 13.2 Å². The van der Waals surface area contributed by atoms with Crippen LogP contribution in [0.5, 0.6) is 0 Å². The molecule has 1 aliphatic heterocycles. The maximum atomic E-state index is 14.2. The van der Waals surface area contributed by atoms with Crippen LogP contribution in [0.1, 0.15) is 31.8 Å². The maximum Gasteiger partial charge on any atom is 0.196 e. The van der Waals surface area contributed by atoms with Crippen molar-refractivity contribution in [3.8, 4) is 0 Å². The second kappa shape index (κ2) is 8.24. The Labute approximate surface area is 189 Å². The molecule has 0 spiro atoms. The number of fused-ring (bicyclic) bond motifs is 1. The van der Waals surface area contributed by atoms with E-state index in [0.717, 1.165) is 12.1 Å². The van der Waals surface area contributed by atoms with E-state index >= 15 is 0 Å². The van der Waals surface area contributed by atoms with Crippen LogP contribution in [0, 0.1) is 17.5 Å². The van der Waals surface area contributed by atoms with Crippen molar-refractivity contribution in [1.82, 2.24) is 9.80 Å². The van der Waals surface area contributed by atoms with Gasteiger partial charge in [-0.05, 0) is 35.9 Å². The normalized spacial score (nSPS) is 18.5. The molecule has 0 bridgehead atoms. The van der Waals surface area contributed by atoms with Gasteiger partial charge < -0.3 is 0 Å². The third-order valence-electron chi connectivity index (χ3n) is 6.56. The predicted molar refractivity (Wildman–Crippen MR) is 116 cm³/mol. The first-order chi connectivity index (χ1) is 15.9. The van der Waals surface area contributed by atoms with E-state index in [1.807, 2.05) is 4.90 Å². The van der Waals surface area contributed by atoms with Crippen LogP contribution < -0.4 is 0 Å². The van der Waals surface area contributed by atoms with E-state index in [1.165, 1.54) is 24.3 Å². The van der Waals surface area contributed by atoms with E-state index in [2.05, 4.69) is 0 Å². The number of nitrogens with zero attached hydrogens (tertiary/aromatic N) is 2. The Morgan fingerprint density at radius 2 is 1.36 bits per heavy atom. The third kappa shape index (κ3) is 3.48. The fraction of sp³-hybridized carbons (Fsp3) is 0.231. The van der Waals surface area contributed by atoms with Gasteiger partial charge in [0.15, 0.2) is 17.1 Å². The zero-order valence-electron chi connectivity index (χ0n) is 17.7. The number of carbonyl (C=O) groups is 2. The minimum Gasteiger partial charge on any atom is -0.296 e. The standard InChI is InChI=1S/C26H21F3N2O2/c27-19-5-3-4-18(15-19)26(24(32)21-6-1-2-7-22(21)25(26)33)31-12-10-30(11-13-31)16-17-14-20(28)8-9-23(17)29/h1-9,14-15H,10-13,16H2. The highest BCUT2D eigenvalue weighted by molar-refractivity contribution is 6.32. The third-order valence-corrected chi connectivity index (χ3v) is 6.56. The highest BCUT2D eigenvalue weighted by Gasteiger charge is 2.58. The number of Topliss-reactive ketones (excluding diaryl/α,β-unsaturated/α-hetero) is 2. The Kier molecular flexibility index (Phi) is 5.38. The molecule has 1 heterocycles. The van der Waals surface area contributed by atoms with E-state index in [1.54, 1.807) is 35.2 Å². The topological polar surface area (TPSA) is 40.6 Å². The fourth-order valence-electron chi connectivity index (χ4n) is 4.96. The van der Waals surface area contributed by atoms with Crippen LogP contribution in [-0.2, 0) is 12.1 Å². The number of benzene rings is 3. The van der Waals surface area contributed by atoms with E-state index in [9.17, 15) is 22.8 Å². The van der Waals surface area contributed by atoms with Gasteiger partial charge in [0, 0.05) is 49.4 Å². The van der Waals surface area contributed by atoms with Crippen LogP contribution >= 0.6 is 0 Å². The Balaban J connectivity index is 1.47. The van der Waals surface area contributed by atoms with Crippen molar-refractivity contribution in [2.75, 3.05) is 26.2 Å². The van der Waals surface area contributed by atoms with Gasteiger partial charge in [-0.1, -0.05) is 36.4 Å². The SMILES string of the molecule is O=C1c2ccccc2C(=O)C1(c1cccc(F)c1)N1CCN(Cc2cc(F)ccc2F)CC1. The van der Waals surface area contributed by atoms with E-state index in [0.29, 0.717) is 42.9 Å². The van der Waals surface area contributed by atoms with Crippen molar-refractivity contribution < 1.29 is 22.8 Å². The van der Waals surface area contributed by atoms with Crippen LogP contribution in [0.2, 0.25) is 0 Å². The molecule has 3 aromatic rings. The first-order valence-electron chi connectivity index (χ1n) is 10.8. The summed E-state index contributed by atoms with van der Waals surface area (Å²) >= 11 is 0. The smallest absolute Gasteiger partial charge is 0.196 e. The molecular weight excluding hydrogens is 429 g/mol. The lowest BCUT2D eigenvalue weighted by atomic mass is 9.82. The predicted octanol–water partition coefficient (Wildman–Crippen LogP) is 4.20. The van der Waals surface area contributed by atoms with Gasteiger partial charge in [0.25, 0.3) is 0 Å². The largest absolute Gasteiger partial charge is 0.296 e. The molecule has 7 heteroatoms. The second-order valence-electron chi connectivity index (χ2n) is 8.42. The van der Waals surface area contributed by atoms with E-state index in [-0.39, 0.29) is 23.7 Å². The van der Waals surface area contributed by atoms with Crippen LogP contribution in [0.25, 0.3) is 0 Å². The first-order valence-corrected chi connectivity index (χ1v) is 10.8. The average Bonchev–Trinajstić information content (AvgIpc) is 3.05. The molecule has 5 rings (SSSR count). The Bertz CT molecular complexity index is 1220. The molecule has 0 N–H and O–H groups in total. The summed E-state index contributed by atoms with van der Waals surface area (Å²) in [5.74, 6) is -2.23. The highest BCUT2D eigenvalue weighted by atomic mass is 19.1. The molecule has 33 heavy (non-hydrogen) atoms. The molecule has 0 radical (unpaired) electrons. The van der Waals surface area contributed by atoms with Crippen molar-refractivity contribution in [1.29, 1.82) is 0 Å². The van der Waals surface area contributed by atoms with Gasteiger partial charge in [-0.15, -0.1) is 0 Å². The Hall–Kier alpha value is -3.29. The Morgan fingerprint density at radius 1 is 0.727 bits per heavy atom. The lowest BCUT2D eigenvalue weighted by Gasteiger charge is -2.44. The lowest BCUT2D eigenvalue weighted by Crippen LogP contribution is -2.60. The molecule has 0 amide bonds. The van der Waals surface area contributed by atoms with Crippen LogP contribution in [0.15, 0.2) is 66.7 Å². The highest BCUT2D eigenvalue weighted by Crippen LogP contribution is 2.43. The van der Waals surface area contributed by atoms with Gasteiger partial charge >= 0.3 is 0 Å². The quantitative estimate of drug-likeness (QED) is 0.559. The number of carbonyl (C=O) groups excluding carboxylic acids is 2. The number of piperazine rings is 1. The van der Waals surface area contributed by atoms with Crippen molar-refractivity contribution in [3.63, 3.8) is 0 Å². The van der Waals surface area contributed by atoms with Crippen LogP contribution in [0.4, 0.5) is 13.2 Å². The van der Waals surface area contributed by atoms with Crippen LogP contribution in [-0.4, -0.2) is 47.5 Å². The van der Waals surface area contributed by atoms with Crippen molar-refractivity contribution in [3.05, 3.63) is 106 Å². The summed E-state index contributed by atoms with van der Waals surface area (Å²) in [6.07, 6.45) is 0. The van der Waals surface area contributed by atoms with Crippen molar-refractivity contribution in [2.24, 2.45) is 0 Å². The number of halogens is 3. The first kappa shape index (κ1) is 21.6. The van der Waals surface area contributed by atoms with E-state index < -0.39 is 23.0 Å². The molecule has 1 saturated heterocycles. The number of rotatable bonds is 4. The monoisotopic (exact) mass is 450 g/mol. The molecule has 168 valence electrons. The number of hydrogen-bond acceptors (Lipinski definition) is 4. The number of ketones is 2. The van der Waals surface area contributed by atoms with Crippen molar-refractivity contribution in [2.45, 2.75) is 12.1 Å². The molecule has 0 saturated carbocycles. The summed E-state index contributed by atoms with van der Waals surface area (Å²) in [5, 5.41) is 0. The zero-order valence-corrected chi connectivity index (χ0v) is 17.7. The van der Waals surface area contributed by atoms with Gasteiger partial charge in [-0.3, -0.25) is 19.4 Å². The zero-order chi connectivity index (χ0) is 23.2. The van der Waals surface area contributed by atoms with Crippen molar-refractivity contribution >= 4 is 11.6 Å². The molecule has 3 aromatic carbocycles. The summed E-state index contributed by atoms with van der Waals surface area (Å²) in [6.45, 7) is 1.75. The van der Waals surface area contributed by atoms with Crippen LogP contribution in [0.3, 0.4) is 0 Å². The molecular formula is C26H21F3N2O2. The summed E-state index contributed by atoms with van der Waals surface area (Å²) < 4.78 is 41.8. The molecule has 0 unspecified atom stereocenters. The van der Waals surface area contributed by atoms with Gasteiger partial charge in [-0.2, -0.15) is 0 Å². The molecule has 4 nitrogen and oxygen atoms in total. The molecule has 1 aliphatic carbocycles. The summed E-state index contributed by atoms with van der Waals surface area (Å²) in [7, 11) is 0. The van der Waals surface area contributed by atoms with Gasteiger partial charge in [0.05, 0.1) is 0 Å². The maximum absolute atomic E-state index is 14.2. The molecule has 0 aromatic heterocycles. The molecule has 2 aliphatic rings. The summed E-state index contributed by atoms with van der Waals surface area (Å²) in [6, 6.07) is 15.7. The average molecular weight is 450 g/mol. The summed E-state index contributed by atoms with van der Waals surface area (Å²) in [5.41, 5.74) is -0.420. The van der Waals surface area contributed by atoms with Gasteiger partial charge in [0.1, 0.15) is 17.5 Å². The minimum absolute atomic E-state index is 0.215. The second-order valence-corrected chi connectivity index (χ2v) is 8.42. The molecule has 0 atom stereocenters. The summed E-state index contributed by atoms with van der Waals surface area (Å²) in [4.78, 5) is 31.2. The Morgan fingerprint density at radius 3 is 2.00 bits per heavy atom. The fourth-order valence-corrected chi connectivity index (χ4v) is 4.96. The minimum atomic E-state index is -1.64. The molecule has 1 fully saturated rings. The van der Waals surface area contributed by atoms with E-state index in [4.69, 9.17) is 0 Å². The lowest BCUT2D eigenvalue weighted by molar-refractivity contribution is 0.0277. The number of hydrogen-bond donors (Lipinski definition) is 0.